The average Bonchev–Trinajstić information content (AvgIpc) is 2.38. The Morgan fingerprint density at radius 1 is 1.05 bits per heavy atom. The fraction of sp³-hybridized carbons (Fsp3) is 0.200. The SMILES string of the molecule is CC(N)c1ccc(F)c(-c2cccc(C(F)(F)F)c2)c1. The Labute approximate surface area is 114 Å². The van der Waals surface area contributed by atoms with E-state index in [2.05, 4.69) is 0 Å². The van der Waals surface area contributed by atoms with Gasteiger partial charge in [0.2, 0.25) is 0 Å². The highest BCUT2D eigenvalue weighted by Gasteiger charge is 2.30. The lowest BCUT2D eigenvalue weighted by Crippen LogP contribution is -2.06. The molecular weight excluding hydrogens is 270 g/mol. The highest BCUT2D eigenvalue weighted by molar-refractivity contribution is 5.66. The van der Waals surface area contributed by atoms with Gasteiger partial charge in [-0.25, -0.2) is 4.39 Å². The predicted octanol–water partition coefficient (Wildman–Crippen LogP) is 4.53. The van der Waals surface area contributed by atoms with Crippen LogP contribution in [0.15, 0.2) is 42.5 Å². The lowest BCUT2D eigenvalue weighted by molar-refractivity contribution is -0.137. The van der Waals surface area contributed by atoms with Crippen LogP contribution in [-0.4, -0.2) is 0 Å². The average molecular weight is 283 g/mol. The second kappa shape index (κ2) is 5.25. The van der Waals surface area contributed by atoms with Gasteiger partial charge in [-0.1, -0.05) is 18.2 Å². The first kappa shape index (κ1) is 14.5. The quantitative estimate of drug-likeness (QED) is 0.805. The third-order valence-electron chi connectivity index (χ3n) is 3.02. The minimum Gasteiger partial charge on any atom is -0.324 e. The van der Waals surface area contributed by atoms with Crippen molar-refractivity contribution in [1.82, 2.24) is 0 Å². The summed E-state index contributed by atoms with van der Waals surface area (Å²) in [6, 6.07) is 8.50. The highest BCUT2D eigenvalue weighted by atomic mass is 19.4. The van der Waals surface area contributed by atoms with Gasteiger partial charge in [0.15, 0.2) is 0 Å². The van der Waals surface area contributed by atoms with Gasteiger partial charge in [-0.3, -0.25) is 0 Å². The van der Waals surface area contributed by atoms with E-state index >= 15 is 0 Å². The van der Waals surface area contributed by atoms with E-state index < -0.39 is 17.6 Å². The van der Waals surface area contributed by atoms with Crippen molar-refractivity contribution in [2.24, 2.45) is 5.73 Å². The number of halogens is 4. The summed E-state index contributed by atoms with van der Waals surface area (Å²) in [5.74, 6) is -0.575. The van der Waals surface area contributed by atoms with Crippen LogP contribution < -0.4 is 5.73 Å². The molecule has 0 aliphatic rings. The third-order valence-corrected chi connectivity index (χ3v) is 3.02. The minimum atomic E-state index is -4.45. The molecular formula is C15H13F4N. The first-order chi connectivity index (χ1) is 9.29. The molecule has 0 aliphatic heterocycles. The number of benzene rings is 2. The van der Waals surface area contributed by atoms with E-state index in [0.29, 0.717) is 5.56 Å². The van der Waals surface area contributed by atoms with Gasteiger partial charge in [0.25, 0.3) is 0 Å². The van der Waals surface area contributed by atoms with Crippen LogP contribution in [-0.2, 0) is 6.18 Å². The summed E-state index contributed by atoms with van der Waals surface area (Å²) in [5, 5.41) is 0. The molecule has 0 saturated heterocycles. The largest absolute Gasteiger partial charge is 0.416 e. The zero-order valence-electron chi connectivity index (χ0n) is 10.7. The van der Waals surface area contributed by atoms with Crippen molar-refractivity contribution in [3.63, 3.8) is 0 Å². The third kappa shape index (κ3) is 2.99. The maximum atomic E-state index is 13.8. The van der Waals surface area contributed by atoms with Crippen LogP contribution in [0.25, 0.3) is 11.1 Å². The van der Waals surface area contributed by atoms with Crippen molar-refractivity contribution in [2.75, 3.05) is 0 Å². The number of hydrogen-bond donors (Lipinski definition) is 1. The van der Waals surface area contributed by atoms with Gasteiger partial charge in [0, 0.05) is 11.6 Å². The summed E-state index contributed by atoms with van der Waals surface area (Å²) < 4.78 is 51.9. The summed E-state index contributed by atoms with van der Waals surface area (Å²) >= 11 is 0. The first-order valence-electron chi connectivity index (χ1n) is 6.01. The number of alkyl halides is 3. The van der Waals surface area contributed by atoms with E-state index in [4.69, 9.17) is 5.73 Å². The second-order valence-corrected chi connectivity index (χ2v) is 4.61. The predicted molar refractivity (Wildman–Crippen MR) is 69.4 cm³/mol. The summed E-state index contributed by atoms with van der Waals surface area (Å²) in [4.78, 5) is 0. The summed E-state index contributed by atoms with van der Waals surface area (Å²) in [7, 11) is 0. The number of hydrogen-bond acceptors (Lipinski definition) is 1. The van der Waals surface area contributed by atoms with Crippen LogP contribution in [0.2, 0.25) is 0 Å². The van der Waals surface area contributed by atoms with Crippen molar-refractivity contribution in [1.29, 1.82) is 0 Å². The fourth-order valence-electron chi connectivity index (χ4n) is 1.91. The normalized spacial score (nSPS) is 13.3. The highest BCUT2D eigenvalue weighted by Crippen LogP contribution is 2.33. The van der Waals surface area contributed by atoms with Gasteiger partial charge in [-0.05, 0) is 42.3 Å². The van der Waals surface area contributed by atoms with Gasteiger partial charge >= 0.3 is 6.18 Å². The molecule has 1 unspecified atom stereocenters. The van der Waals surface area contributed by atoms with E-state index in [1.807, 2.05) is 0 Å². The molecule has 1 nitrogen and oxygen atoms in total. The number of rotatable bonds is 2. The van der Waals surface area contributed by atoms with Crippen molar-refractivity contribution < 1.29 is 17.6 Å². The monoisotopic (exact) mass is 283 g/mol. The van der Waals surface area contributed by atoms with E-state index in [1.54, 1.807) is 6.92 Å². The molecule has 2 aromatic carbocycles. The van der Waals surface area contributed by atoms with Gasteiger partial charge in [0.05, 0.1) is 5.56 Å². The smallest absolute Gasteiger partial charge is 0.324 e. The van der Waals surface area contributed by atoms with Crippen LogP contribution in [0.5, 0.6) is 0 Å². The Balaban J connectivity index is 2.54. The molecule has 0 aliphatic carbocycles. The van der Waals surface area contributed by atoms with Gasteiger partial charge in [-0.2, -0.15) is 13.2 Å². The lowest BCUT2D eigenvalue weighted by Gasteiger charge is -2.12. The summed E-state index contributed by atoms with van der Waals surface area (Å²) in [6.45, 7) is 1.73. The molecule has 2 N–H and O–H groups in total. The molecule has 2 aromatic rings. The zero-order valence-corrected chi connectivity index (χ0v) is 10.7. The van der Waals surface area contributed by atoms with Crippen molar-refractivity contribution in [3.05, 3.63) is 59.4 Å². The Morgan fingerprint density at radius 3 is 2.35 bits per heavy atom. The molecule has 1 atom stereocenters. The van der Waals surface area contributed by atoms with E-state index in [-0.39, 0.29) is 17.2 Å². The van der Waals surface area contributed by atoms with Gasteiger partial charge < -0.3 is 5.73 Å². The molecule has 106 valence electrons. The standard InChI is InChI=1S/C15H13F4N/c1-9(20)10-5-6-14(16)13(8-10)11-3-2-4-12(7-11)15(17,18)19/h2-9H,20H2,1H3. The molecule has 0 spiro atoms. The Bertz CT molecular complexity index is 618. The topological polar surface area (TPSA) is 26.0 Å². The second-order valence-electron chi connectivity index (χ2n) is 4.61. The molecule has 0 aromatic heterocycles. The van der Waals surface area contributed by atoms with Crippen LogP contribution in [0.4, 0.5) is 17.6 Å². The van der Waals surface area contributed by atoms with Crippen molar-refractivity contribution >= 4 is 0 Å². The van der Waals surface area contributed by atoms with E-state index in [0.717, 1.165) is 12.1 Å². The van der Waals surface area contributed by atoms with Crippen LogP contribution in [0.3, 0.4) is 0 Å². The molecule has 5 heteroatoms. The van der Waals surface area contributed by atoms with E-state index in [9.17, 15) is 17.6 Å². The first-order valence-corrected chi connectivity index (χ1v) is 6.01. The minimum absolute atomic E-state index is 0.117. The van der Waals surface area contributed by atoms with Crippen LogP contribution in [0, 0.1) is 5.82 Å². The maximum Gasteiger partial charge on any atom is 0.416 e. The molecule has 0 heterocycles. The molecule has 2 rings (SSSR count). The molecule has 0 saturated carbocycles. The van der Waals surface area contributed by atoms with Crippen molar-refractivity contribution in [2.45, 2.75) is 19.1 Å². The summed E-state index contributed by atoms with van der Waals surface area (Å²) in [6.07, 6.45) is -4.45. The lowest BCUT2D eigenvalue weighted by atomic mass is 9.98. The fourth-order valence-corrected chi connectivity index (χ4v) is 1.91. The number of nitrogens with two attached hydrogens (primary N) is 1. The molecule has 0 bridgehead atoms. The Hall–Kier alpha value is -1.88. The van der Waals surface area contributed by atoms with Gasteiger partial charge in [0.1, 0.15) is 5.82 Å². The van der Waals surface area contributed by atoms with Crippen LogP contribution >= 0.6 is 0 Å². The van der Waals surface area contributed by atoms with Crippen molar-refractivity contribution in [3.8, 4) is 11.1 Å². The summed E-state index contributed by atoms with van der Waals surface area (Å²) in [5.41, 5.74) is 5.86. The Morgan fingerprint density at radius 2 is 1.75 bits per heavy atom. The molecule has 0 radical (unpaired) electrons. The Kier molecular flexibility index (Phi) is 3.81. The maximum absolute atomic E-state index is 13.8. The molecule has 0 fully saturated rings. The van der Waals surface area contributed by atoms with Crippen LogP contribution in [0.1, 0.15) is 24.1 Å². The van der Waals surface area contributed by atoms with Gasteiger partial charge in [-0.15, -0.1) is 0 Å². The zero-order chi connectivity index (χ0) is 14.9. The van der Waals surface area contributed by atoms with E-state index in [1.165, 1.54) is 30.3 Å². The molecule has 20 heavy (non-hydrogen) atoms. The molecule has 0 amide bonds.